The molecular weight excluding hydrogens is 392 g/mol. The Kier molecular flexibility index (Phi) is 5.75. The number of H-pyrrole nitrogens is 1. The fraction of sp³-hybridized carbons (Fsp3) is 0.292. The number of aromatic amines is 1. The normalized spacial score (nSPS) is 16.8. The molecule has 160 valence electrons. The number of aromatic nitrogens is 1. The number of nitrogens with two attached hydrogens (primary N) is 1. The van der Waals surface area contributed by atoms with Crippen molar-refractivity contribution in [1.29, 1.82) is 0 Å². The number of rotatable bonds is 4. The zero-order valence-electron chi connectivity index (χ0n) is 17.9. The largest absolute Gasteiger partial charge is 0.497 e. The number of para-hydroxylation sites is 1. The molecule has 0 radical (unpaired) electrons. The lowest BCUT2D eigenvalue weighted by Crippen LogP contribution is -2.24. The number of nitrogens with one attached hydrogen (secondary N) is 1. The van der Waals surface area contributed by atoms with Crippen LogP contribution < -0.4 is 20.6 Å². The molecule has 1 atom stereocenters. The van der Waals surface area contributed by atoms with Crippen molar-refractivity contribution in [3.8, 4) is 11.5 Å². The van der Waals surface area contributed by atoms with Gasteiger partial charge in [-0.15, -0.1) is 0 Å². The van der Waals surface area contributed by atoms with E-state index in [0.717, 1.165) is 29.0 Å². The van der Waals surface area contributed by atoms with Gasteiger partial charge in [0.25, 0.3) is 0 Å². The average Bonchev–Trinajstić information content (AvgIpc) is 2.81. The number of nitrogens with zero attached hydrogens (tertiary/aromatic N) is 2. The molecule has 2 heterocycles. The van der Waals surface area contributed by atoms with E-state index in [1.54, 1.807) is 27.2 Å². The summed E-state index contributed by atoms with van der Waals surface area (Å²) < 4.78 is 10.8. The number of benzene rings is 2. The van der Waals surface area contributed by atoms with Crippen molar-refractivity contribution in [2.45, 2.75) is 25.7 Å². The number of methoxy groups -OCH3 is 2. The van der Waals surface area contributed by atoms with Crippen molar-refractivity contribution in [1.82, 2.24) is 4.98 Å². The van der Waals surface area contributed by atoms with Crippen LogP contribution in [0.5, 0.6) is 11.5 Å². The first-order valence-electron chi connectivity index (χ1n) is 10.2. The van der Waals surface area contributed by atoms with Crippen molar-refractivity contribution >= 4 is 22.6 Å². The van der Waals surface area contributed by atoms with Crippen molar-refractivity contribution in [2.24, 2.45) is 15.7 Å². The Morgan fingerprint density at radius 1 is 1.16 bits per heavy atom. The van der Waals surface area contributed by atoms with Crippen molar-refractivity contribution in [3.63, 3.8) is 0 Å². The maximum absolute atomic E-state index is 12.7. The number of ether oxygens (including phenoxy) is 2. The van der Waals surface area contributed by atoms with Gasteiger partial charge in [0.1, 0.15) is 23.2 Å². The molecule has 31 heavy (non-hydrogen) atoms. The van der Waals surface area contributed by atoms with E-state index >= 15 is 0 Å². The Labute approximate surface area is 180 Å². The fourth-order valence-corrected chi connectivity index (χ4v) is 3.90. The summed E-state index contributed by atoms with van der Waals surface area (Å²) in [7, 11) is 3.29. The number of fused-ring (bicyclic) bond motifs is 1. The van der Waals surface area contributed by atoms with E-state index in [4.69, 9.17) is 15.2 Å². The van der Waals surface area contributed by atoms with Gasteiger partial charge < -0.3 is 20.2 Å². The second-order valence-corrected chi connectivity index (χ2v) is 7.64. The zero-order chi connectivity index (χ0) is 22.0. The van der Waals surface area contributed by atoms with Gasteiger partial charge in [-0.05, 0) is 43.2 Å². The topological polar surface area (TPSA) is 102 Å². The quantitative estimate of drug-likeness (QED) is 0.500. The Bertz CT molecular complexity index is 1220. The third kappa shape index (κ3) is 4.17. The summed E-state index contributed by atoms with van der Waals surface area (Å²) in [5.41, 5.74) is 9.20. The minimum atomic E-state index is -0.0416. The number of aliphatic imine (C=N–C) groups is 2. The minimum absolute atomic E-state index is 0.0416. The lowest BCUT2D eigenvalue weighted by molar-refractivity contribution is 0.392. The number of hydrogen-bond donors (Lipinski definition) is 2. The first kappa shape index (κ1) is 20.7. The van der Waals surface area contributed by atoms with Crippen LogP contribution in [0.15, 0.2) is 57.2 Å². The highest BCUT2D eigenvalue weighted by molar-refractivity contribution is 6.06. The minimum Gasteiger partial charge on any atom is -0.497 e. The van der Waals surface area contributed by atoms with Gasteiger partial charge in [-0.3, -0.25) is 9.79 Å². The third-order valence-electron chi connectivity index (χ3n) is 5.71. The molecule has 0 fully saturated rings. The second kappa shape index (κ2) is 8.63. The van der Waals surface area contributed by atoms with Crippen LogP contribution in [0.4, 0.5) is 0 Å². The molecule has 3 N–H and O–H groups in total. The lowest BCUT2D eigenvalue weighted by Gasteiger charge is -2.21. The molecule has 0 unspecified atom stereocenters. The van der Waals surface area contributed by atoms with E-state index in [1.807, 2.05) is 36.4 Å². The Hall–Kier alpha value is -3.61. The molecule has 4 rings (SSSR count). The average molecular weight is 418 g/mol. The first-order valence-corrected chi connectivity index (χ1v) is 10.2. The number of hydrogen-bond acceptors (Lipinski definition) is 5. The van der Waals surface area contributed by atoms with Crippen LogP contribution in [0, 0.1) is 6.92 Å². The molecule has 0 aliphatic carbocycles. The predicted molar refractivity (Wildman–Crippen MR) is 124 cm³/mol. The lowest BCUT2D eigenvalue weighted by atomic mass is 9.92. The Balaban J connectivity index is 1.59. The van der Waals surface area contributed by atoms with Gasteiger partial charge in [0, 0.05) is 41.4 Å². The van der Waals surface area contributed by atoms with Crippen LogP contribution in [-0.2, 0) is 0 Å². The molecule has 0 saturated heterocycles. The van der Waals surface area contributed by atoms with Gasteiger partial charge in [0.05, 0.1) is 19.9 Å². The highest BCUT2D eigenvalue weighted by atomic mass is 16.5. The van der Waals surface area contributed by atoms with E-state index in [-0.39, 0.29) is 17.2 Å². The maximum Gasteiger partial charge on any atom is 0.193 e. The smallest absolute Gasteiger partial charge is 0.193 e. The molecule has 2 aromatic carbocycles. The fourth-order valence-electron chi connectivity index (χ4n) is 3.90. The van der Waals surface area contributed by atoms with Crippen molar-refractivity contribution in [2.75, 3.05) is 20.8 Å². The van der Waals surface area contributed by atoms with Crippen LogP contribution in [0.3, 0.4) is 0 Å². The SMILES string of the molecule is COc1cc(OC)cc([C@H]2CCC(N=C(N)c3[nH]c4ccccc4c(=O)c3C)=NC2)c1. The summed E-state index contributed by atoms with van der Waals surface area (Å²) in [6.45, 7) is 2.37. The second-order valence-electron chi connectivity index (χ2n) is 7.64. The van der Waals surface area contributed by atoms with Crippen LogP contribution in [0.2, 0.25) is 0 Å². The summed E-state index contributed by atoms with van der Waals surface area (Å²) in [4.78, 5) is 25.1. The molecule has 0 spiro atoms. The molecule has 3 aromatic rings. The van der Waals surface area contributed by atoms with Crippen LogP contribution in [0.25, 0.3) is 10.9 Å². The van der Waals surface area contributed by atoms with Crippen LogP contribution in [0.1, 0.15) is 35.6 Å². The molecular formula is C24H26N4O3. The number of amidine groups is 2. The maximum atomic E-state index is 12.7. The summed E-state index contributed by atoms with van der Waals surface area (Å²) in [5.74, 6) is 2.76. The summed E-state index contributed by atoms with van der Waals surface area (Å²) in [6.07, 6.45) is 1.58. The molecule has 1 aliphatic rings. The van der Waals surface area contributed by atoms with Gasteiger partial charge >= 0.3 is 0 Å². The summed E-state index contributed by atoms with van der Waals surface area (Å²) in [6, 6.07) is 13.3. The number of pyridine rings is 1. The van der Waals surface area contributed by atoms with E-state index in [9.17, 15) is 4.79 Å². The highest BCUT2D eigenvalue weighted by Crippen LogP contribution is 2.32. The molecule has 0 saturated carbocycles. The Morgan fingerprint density at radius 2 is 1.87 bits per heavy atom. The third-order valence-corrected chi connectivity index (χ3v) is 5.71. The van der Waals surface area contributed by atoms with Gasteiger partial charge in [0.15, 0.2) is 5.43 Å². The molecule has 1 aromatic heterocycles. The molecule has 7 heteroatoms. The summed E-state index contributed by atoms with van der Waals surface area (Å²) >= 11 is 0. The highest BCUT2D eigenvalue weighted by Gasteiger charge is 2.20. The first-order chi connectivity index (χ1) is 15.0. The van der Waals surface area contributed by atoms with Gasteiger partial charge in [-0.1, -0.05) is 12.1 Å². The molecule has 1 aliphatic heterocycles. The predicted octanol–water partition coefficient (Wildman–Crippen LogP) is 3.54. The monoisotopic (exact) mass is 418 g/mol. The van der Waals surface area contributed by atoms with Crippen LogP contribution >= 0.6 is 0 Å². The van der Waals surface area contributed by atoms with E-state index in [0.29, 0.717) is 35.4 Å². The van der Waals surface area contributed by atoms with E-state index in [2.05, 4.69) is 15.0 Å². The van der Waals surface area contributed by atoms with Crippen LogP contribution in [-0.4, -0.2) is 37.4 Å². The molecule has 0 amide bonds. The van der Waals surface area contributed by atoms with Crippen molar-refractivity contribution < 1.29 is 9.47 Å². The standard InChI is InChI=1S/C24H26N4O3/c1-14-22(27-20-7-5-4-6-19(20)23(14)29)24(25)28-21-9-8-15(13-26-21)16-10-17(30-2)12-18(11-16)31-3/h4-7,10-12,15H,8-9,13H2,1-3H3,(H,27,29)(H2,25,26,28)/t15-/m0/s1. The van der Waals surface area contributed by atoms with E-state index < -0.39 is 0 Å². The van der Waals surface area contributed by atoms with Gasteiger partial charge in [-0.2, -0.15) is 0 Å². The van der Waals surface area contributed by atoms with Gasteiger partial charge in [-0.25, -0.2) is 4.99 Å². The van der Waals surface area contributed by atoms with Gasteiger partial charge in [0.2, 0.25) is 0 Å². The summed E-state index contributed by atoms with van der Waals surface area (Å²) in [5, 5.41) is 0.642. The molecule has 0 bridgehead atoms. The zero-order valence-corrected chi connectivity index (χ0v) is 17.9. The Morgan fingerprint density at radius 3 is 2.52 bits per heavy atom. The molecule has 7 nitrogen and oxygen atoms in total. The van der Waals surface area contributed by atoms with E-state index in [1.165, 1.54) is 0 Å². The van der Waals surface area contributed by atoms with Crippen molar-refractivity contribution in [3.05, 3.63) is 69.5 Å².